The first-order chi connectivity index (χ1) is 11.6. The van der Waals surface area contributed by atoms with E-state index in [1.165, 1.54) is 0 Å². The Morgan fingerprint density at radius 2 is 1.92 bits per heavy atom. The van der Waals surface area contributed by atoms with Crippen molar-refractivity contribution in [3.8, 4) is 11.5 Å². The van der Waals surface area contributed by atoms with Crippen LogP contribution in [0.4, 0.5) is 0 Å². The Morgan fingerprint density at radius 1 is 1.20 bits per heavy atom. The summed E-state index contributed by atoms with van der Waals surface area (Å²) in [5.74, 6) is 1.66. The molecule has 25 heavy (non-hydrogen) atoms. The summed E-state index contributed by atoms with van der Waals surface area (Å²) in [5.41, 5.74) is 0.766. The molecule has 1 saturated heterocycles. The SMILES string of the molecule is CCOc1ccc(CCNC(=O)C2(CC)CCCN2)cc1OCC.Cl. The van der Waals surface area contributed by atoms with Crippen molar-refractivity contribution in [2.75, 3.05) is 26.3 Å². The second kappa shape index (κ2) is 10.5. The van der Waals surface area contributed by atoms with Crippen molar-refractivity contribution in [1.82, 2.24) is 10.6 Å². The molecule has 1 amide bonds. The molecule has 2 rings (SSSR count). The van der Waals surface area contributed by atoms with Gasteiger partial charge in [0.15, 0.2) is 11.5 Å². The highest BCUT2D eigenvalue weighted by Gasteiger charge is 2.38. The van der Waals surface area contributed by atoms with Gasteiger partial charge in [-0.1, -0.05) is 13.0 Å². The molecule has 0 bridgehead atoms. The number of rotatable bonds is 9. The van der Waals surface area contributed by atoms with Crippen LogP contribution in [0.2, 0.25) is 0 Å². The average molecular weight is 371 g/mol. The third kappa shape index (κ3) is 5.51. The van der Waals surface area contributed by atoms with Crippen LogP contribution in [0.3, 0.4) is 0 Å². The fourth-order valence-electron chi connectivity index (χ4n) is 3.20. The highest BCUT2D eigenvalue weighted by atomic mass is 35.5. The second-order valence-electron chi connectivity index (χ2n) is 6.12. The van der Waals surface area contributed by atoms with Crippen LogP contribution in [0.5, 0.6) is 11.5 Å². The minimum Gasteiger partial charge on any atom is -0.490 e. The van der Waals surface area contributed by atoms with Crippen molar-refractivity contribution in [3.63, 3.8) is 0 Å². The maximum Gasteiger partial charge on any atom is 0.240 e. The van der Waals surface area contributed by atoms with E-state index >= 15 is 0 Å². The summed E-state index contributed by atoms with van der Waals surface area (Å²) in [6.45, 7) is 8.76. The van der Waals surface area contributed by atoms with E-state index in [1.54, 1.807) is 0 Å². The van der Waals surface area contributed by atoms with Crippen molar-refractivity contribution in [2.24, 2.45) is 0 Å². The number of nitrogens with one attached hydrogen (secondary N) is 2. The van der Waals surface area contributed by atoms with Crippen LogP contribution >= 0.6 is 12.4 Å². The van der Waals surface area contributed by atoms with E-state index in [0.29, 0.717) is 19.8 Å². The number of hydrogen-bond acceptors (Lipinski definition) is 4. The van der Waals surface area contributed by atoms with Gasteiger partial charge >= 0.3 is 0 Å². The van der Waals surface area contributed by atoms with Gasteiger partial charge in [-0.25, -0.2) is 0 Å². The molecule has 0 radical (unpaired) electrons. The summed E-state index contributed by atoms with van der Waals surface area (Å²) in [6, 6.07) is 5.98. The summed E-state index contributed by atoms with van der Waals surface area (Å²) in [7, 11) is 0. The van der Waals surface area contributed by atoms with Gasteiger partial charge in [-0.3, -0.25) is 4.79 Å². The summed E-state index contributed by atoms with van der Waals surface area (Å²) < 4.78 is 11.2. The topological polar surface area (TPSA) is 59.6 Å². The van der Waals surface area contributed by atoms with Crippen molar-refractivity contribution < 1.29 is 14.3 Å². The lowest BCUT2D eigenvalue weighted by Gasteiger charge is -2.26. The van der Waals surface area contributed by atoms with Crippen molar-refractivity contribution in [2.45, 2.75) is 52.0 Å². The molecule has 2 N–H and O–H groups in total. The molecule has 1 atom stereocenters. The summed E-state index contributed by atoms with van der Waals surface area (Å²) in [5, 5.41) is 6.45. The zero-order valence-corrected chi connectivity index (χ0v) is 16.3. The first-order valence-electron chi connectivity index (χ1n) is 9.07. The van der Waals surface area contributed by atoms with Crippen LogP contribution in [0, 0.1) is 0 Å². The number of carbonyl (C=O) groups excluding carboxylic acids is 1. The second-order valence-corrected chi connectivity index (χ2v) is 6.12. The first-order valence-corrected chi connectivity index (χ1v) is 9.07. The van der Waals surface area contributed by atoms with Crippen LogP contribution in [0.25, 0.3) is 0 Å². The predicted molar refractivity (Wildman–Crippen MR) is 103 cm³/mol. The summed E-state index contributed by atoms with van der Waals surface area (Å²) in [6.07, 6.45) is 3.60. The molecule has 1 aliphatic heterocycles. The molecular formula is C19H31ClN2O3. The van der Waals surface area contributed by atoms with Crippen molar-refractivity contribution in [3.05, 3.63) is 23.8 Å². The number of benzene rings is 1. The van der Waals surface area contributed by atoms with Gasteiger partial charge in [0.1, 0.15) is 0 Å². The molecule has 1 aromatic rings. The van der Waals surface area contributed by atoms with Crippen LogP contribution in [-0.2, 0) is 11.2 Å². The third-order valence-electron chi connectivity index (χ3n) is 4.59. The quantitative estimate of drug-likeness (QED) is 0.701. The lowest BCUT2D eigenvalue weighted by atomic mass is 9.93. The maximum absolute atomic E-state index is 12.5. The zero-order valence-electron chi connectivity index (χ0n) is 15.5. The zero-order chi connectivity index (χ0) is 17.4. The number of ether oxygens (including phenoxy) is 2. The van der Waals surface area contributed by atoms with Crippen LogP contribution in [0.15, 0.2) is 18.2 Å². The van der Waals surface area contributed by atoms with Crippen LogP contribution in [0.1, 0.15) is 45.6 Å². The number of hydrogen-bond donors (Lipinski definition) is 2. The Bertz CT molecular complexity index is 545. The molecule has 5 nitrogen and oxygen atoms in total. The van der Waals surface area contributed by atoms with Crippen molar-refractivity contribution in [1.29, 1.82) is 0 Å². The maximum atomic E-state index is 12.5. The van der Waals surface area contributed by atoms with Gasteiger partial charge in [-0.15, -0.1) is 12.4 Å². The van der Waals surface area contributed by atoms with E-state index in [1.807, 2.05) is 32.0 Å². The number of carbonyl (C=O) groups is 1. The molecular weight excluding hydrogens is 340 g/mol. The predicted octanol–water partition coefficient (Wildman–Crippen LogP) is 3.10. The van der Waals surface area contributed by atoms with Crippen LogP contribution < -0.4 is 20.1 Å². The van der Waals surface area contributed by atoms with E-state index in [0.717, 1.165) is 49.3 Å². The van der Waals surface area contributed by atoms with E-state index in [4.69, 9.17) is 9.47 Å². The van der Waals surface area contributed by atoms with Gasteiger partial charge in [0, 0.05) is 6.54 Å². The summed E-state index contributed by atoms with van der Waals surface area (Å²) >= 11 is 0. The standard InChI is InChI=1S/C19H30N2O3.ClH/c1-4-19(11-7-12-21-19)18(22)20-13-10-15-8-9-16(23-5-2)17(14-15)24-6-3;/h8-9,14,21H,4-7,10-13H2,1-3H3,(H,20,22);1H. The normalized spacial score (nSPS) is 19.2. The van der Waals surface area contributed by atoms with Gasteiger partial charge in [0.2, 0.25) is 5.91 Å². The molecule has 1 fully saturated rings. The van der Waals surface area contributed by atoms with E-state index < -0.39 is 0 Å². The smallest absolute Gasteiger partial charge is 0.240 e. The van der Waals surface area contributed by atoms with Gasteiger partial charge in [-0.2, -0.15) is 0 Å². The van der Waals surface area contributed by atoms with E-state index in [9.17, 15) is 4.79 Å². The summed E-state index contributed by atoms with van der Waals surface area (Å²) in [4.78, 5) is 12.5. The van der Waals surface area contributed by atoms with E-state index in [-0.39, 0.29) is 23.9 Å². The minimum atomic E-state index is -0.366. The Hall–Kier alpha value is -1.46. The fraction of sp³-hybridized carbons (Fsp3) is 0.632. The van der Waals surface area contributed by atoms with Gasteiger partial charge in [0.05, 0.1) is 18.8 Å². The minimum absolute atomic E-state index is 0. The molecule has 1 aliphatic rings. The lowest BCUT2D eigenvalue weighted by Crippen LogP contribution is -2.53. The average Bonchev–Trinajstić information content (AvgIpc) is 3.08. The van der Waals surface area contributed by atoms with Crippen molar-refractivity contribution >= 4 is 18.3 Å². The molecule has 0 aliphatic carbocycles. The van der Waals surface area contributed by atoms with Gasteiger partial charge < -0.3 is 20.1 Å². The Kier molecular flexibility index (Phi) is 9.08. The number of amides is 1. The van der Waals surface area contributed by atoms with E-state index in [2.05, 4.69) is 17.6 Å². The molecule has 142 valence electrons. The monoisotopic (exact) mass is 370 g/mol. The molecule has 1 aromatic carbocycles. The highest BCUT2D eigenvalue weighted by molar-refractivity contribution is 5.86. The molecule has 1 heterocycles. The molecule has 6 heteroatoms. The Balaban J connectivity index is 0.00000312. The molecule has 0 saturated carbocycles. The molecule has 0 spiro atoms. The molecule has 1 unspecified atom stereocenters. The third-order valence-corrected chi connectivity index (χ3v) is 4.59. The first kappa shape index (κ1) is 21.6. The largest absolute Gasteiger partial charge is 0.490 e. The lowest BCUT2D eigenvalue weighted by molar-refractivity contribution is -0.127. The van der Waals surface area contributed by atoms with Gasteiger partial charge in [-0.05, 0) is 63.8 Å². The fourth-order valence-corrected chi connectivity index (χ4v) is 3.20. The highest BCUT2D eigenvalue weighted by Crippen LogP contribution is 2.28. The number of halogens is 1. The Labute approximate surface area is 157 Å². The molecule has 0 aromatic heterocycles. The Morgan fingerprint density at radius 3 is 2.52 bits per heavy atom. The van der Waals surface area contributed by atoms with Gasteiger partial charge in [0.25, 0.3) is 0 Å². The van der Waals surface area contributed by atoms with Crippen LogP contribution in [-0.4, -0.2) is 37.7 Å².